The van der Waals surface area contributed by atoms with Gasteiger partial charge in [-0.05, 0) is 37.6 Å². The van der Waals surface area contributed by atoms with Gasteiger partial charge in [0, 0.05) is 6.54 Å². The minimum Gasteiger partial charge on any atom is -0.373 e. The highest BCUT2D eigenvalue weighted by Gasteiger charge is 2.59. The van der Waals surface area contributed by atoms with Crippen molar-refractivity contribution in [1.29, 1.82) is 0 Å². The maximum atomic E-state index is 5.88. The molecule has 3 aliphatic rings. The van der Waals surface area contributed by atoms with Crippen LogP contribution in [-0.2, 0) is 4.74 Å². The topological polar surface area (TPSA) is 21.3 Å². The van der Waals surface area contributed by atoms with Crippen molar-refractivity contribution in [3.05, 3.63) is 0 Å². The normalized spacial score (nSPS) is 54.5. The fourth-order valence-corrected chi connectivity index (χ4v) is 2.80. The molecule has 3 atom stereocenters. The van der Waals surface area contributed by atoms with E-state index < -0.39 is 0 Å². The molecule has 0 bridgehead atoms. The first kappa shape index (κ1) is 6.44. The number of fused-ring (bicyclic) bond motifs is 2. The standard InChI is InChI=1S/C9H15NO/c1-2-9(6-10-3-1)8-4-7(8)5-11-9/h7-8,10H,1-6H2. The van der Waals surface area contributed by atoms with Crippen LogP contribution in [0, 0.1) is 11.8 Å². The second-order valence-corrected chi connectivity index (χ2v) is 4.26. The molecule has 3 fully saturated rings. The Bertz CT molecular complexity index is 174. The summed E-state index contributed by atoms with van der Waals surface area (Å²) in [5.41, 5.74) is 0.295. The van der Waals surface area contributed by atoms with Gasteiger partial charge >= 0.3 is 0 Å². The molecule has 0 radical (unpaired) electrons. The largest absolute Gasteiger partial charge is 0.373 e. The average Bonchev–Trinajstić information content (AvgIpc) is 2.77. The molecule has 0 aromatic rings. The smallest absolute Gasteiger partial charge is 0.0838 e. The Hall–Kier alpha value is -0.0800. The lowest BCUT2D eigenvalue weighted by atomic mass is 9.89. The van der Waals surface area contributed by atoms with E-state index in [2.05, 4.69) is 5.32 Å². The molecule has 3 rings (SSSR count). The Kier molecular flexibility index (Phi) is 1.16. The quantitative estimate of drug-likeness (QED) is 0.555. The van der Waals surface area contributed by atoms with Gasteiger partial charge in [0.15, 0.2) is 0 Å². The van der Waals surface area contributed by atoms with E-state index in [-0.39, 0.29) is 0 Å². The fraction of sp³-hybridized carbons (Fsp3) is 1.00. The van der Waals surface area contributed by atoms with Gasteiger partial charge in [0.1, 0.15) is 0 Å². The van der Waals surface area contributed by atoms with Crippen LogP contribution in [0.15, 0.2) is 0 Å². The zero-order valence-corrected chi connectivity index (χ0v) is 6.81. The third-order valence-corrected chi connectivity index (χ3v) is 3.56. The molecule has 1 spiro atoms. The number of rotatable bonds is 0. The van der Waals surface area contributed by atoms with E-state index in [9.17, 15) is 0 Å². The van der Waals surface area contributed by atoms with E-state index in [1.165, 1.54) is 25.8 Å². The average molecular weight is 153 g/mol. The molecule has 0 aromatic carbocycles. The van der Waals surface area contributed by atoms with Gasteiger partial charge < -0.3 is 10.1 Å². The molecule has 3 unspecified atom stereocenters. The van der Waals surface area contributed by atoms with Gasteiger partial charge in [-0.15, -0.1) is 0 Å². The maximum Gasteiger partial charge on any atom is 0.0838 e. The van der Waals surface area contributed by atoms with Crippen molar-refractivity contribution in [1.82, 2.24) is 5.32 Å². The van der Waals surface area contributed by atoms with Gasteiger partial charge in [0.05, 0.1) is 12.2 Å². The Morgan fingerprint density at radius 3 is 3.00 bits per heavy atom. The zero-order valence-electron chi connectivity index (χ0n) is 6.81. The van der Waals surface area contributed by atoms with E-state index in [4.69, 9.17) is 4.74 Å². The first-order chi connectivity index (χ1) is 5.41. The number of nitrogens with one attached hydrogen (secondary N) is 1. The summed E-state index contributed by atoms with van der Waals surface area (Å²) in [6.07, 6.45) is 4.06. The van der Waals surface area contributed by atoms with Gasteiger partial charge in [-0.25, -0.2) is 0 Å². The van der Waals surface area contributed by atoms with Gasteiger partial charge in [0.25, 0.3) is 0 Å². The van der Waals surface area contributed by atoms with Crippen LogP contribution in [0.25, 0.3) is 0 Å². The Labute approximate surface area is 67.3 Å². The third-order valence-electron chi connectivity index (χ3n) is 3.56. The number of piperidine rings is 1. The fourth-order valence-electron chi connectivity index (χ4n) is 2.80. The highest BCUT2D eigenvalue weighted by atomic mass is 16.5. The first-order valence-electron chi connectivity index (χ1n) is 4.75. The molecule has 0 aromatic heterocycles. The van der Waals surface area contributed by atoms with Crippen LogP contribution in [0.3, 0.4) is 0 Å². The molecule has 11 heavy (non-hydrogen) atoms. The second-order valence-electron chi connectivity index (χ2n) is 4.26. The highest BCUT2D eigenvalue weighted by Crippen LogP contribution is 2.56. The number of hydrogen-bond donors (Lipinski definition) is 1. The van der Waals surface area contributed by atoms with Crippen molar-refractivity contribution in [2.45, 2.75) is 24.9 Å². The van der Waals surface area contributed by atoms with Crippen LogP contribution < -0.4 is 5.32 Å². The summed E-state index contributed by atoms with van der Waals surface area (Å²) in [6, 6.07) is 0. The van der Waals surface area contributed by atoms with Gasteiger partial charge in [-0.2, -0.15) is 0 Å². The van der Waals surface area contributed by atoms with E-state index in [1.54, 1.807) is 0 Å². The van der Waals surface area contributed by atoms with E-state index in [0.717, 1.165) is 25.0 Å². The summed E-state index contributed by atoms with van der Waals surface area (Å²) >= 11 is 0. The van der Waals surface area contributed by atoms with Crippen molar-refractivity contribution < 1.29 is 4.74 Å². The van der Waals surface area contributed by atoms with E-state index >= 15 is 0 Å². The molecule has 2 saturated heterocycles. The summed E-state index contributed by atoms with van der Waals surface area (Å²) in [5, 5.41) is 3.45. The summed E-state index contributed by atoms with van der Waals surface area (Å²) < 4.78 is 5.88. The van der Waals surface area contributed by atoms with E-state index in [1.807, 2.05) is 0 Å². The molecule has 0 amide bonds. The van der Waals surface area contributed by atoms with Crippen molar-refractivity contribution in [3.8, 4) is 0 Å². The molecule has 2 heteroatoms. The molecular formula is C9H15NO. The van der Waals surface area contributed by atoms with Crippen LogP contribution in [0.4, 0.5) is 0 Å². The van der Waals surface area contributed by atoms with Crippen molar-refractivity contribution in [3.63, 3.8) is 0 Å². The van der Waals surface area contributed by atoms with Crippen LogP contribution in [0.2, 0.25) is 0 Å². The van der Waals surface area contributed by atoms with Crippen molar-refractivity contribution >= 4 is 0 Å². The number of hydrogen-bond acceptors (Lipinski definition) is 2. The Balaban J connectivity index is 1.81. The van der Waals surface area contributed by atoms with Crippen LogP contribution in [0.1, 0.15) is 19.3 Å². The van der Waals surface area contributed by atoms with Gasteiger partial charge in [-0.3, -0.25) is 0 Å². The predicted octanol–water partition coefficient (Wildman–Crippen LogP) is 0.775. The summed E-state index contributed by atoms with van der Waals surface area (Å²) in [6.45, 7) is 3.36. The molecular weight excluding hydrogens is 138 g/mol. The predicted molar refractivity (Wildman–Crippen MR) is 42.4 cm³/mol. The minimum absolute atomic E-state index is 0.295. The molecule has 2 nitrogen and oxygen atoms in total. The van der Waals surface area contributed by atoms with Crippen LogP contribution in [-0.4, -0.2) is 25.3 Å². The zero-order chi connectivity index (χ0) is 7.31. The van der Waals surface area contributed by atoms with Crippen molar-refractivity contribution in [2.75, 3.05) is 19.7 Å². The van der Waals surface area contributed by atoms with Crippen LogP contribution in [0.5, 0.6) is 0 Å². The first-order valence-corrected chi connectivity index (χ1v) is 4.75. The number of ether oxygens (including phenoxy) is 1. The van der Waals surface area contributed by atoms with Gasteiger partial charge in [-0.1, -0.05) is 0 Å². The third kappa shape index (κ3) is 0.798. The van der Waals surface area contributed by atoms with Gasteiger partial charge in [0.2, 0.25) is 0 Å². The molecule has 62 valence electrons. The summed E-state index contributed by atoms with van der Waals surface area (Å²) in [5.74, 6) is 1.87. The maximum absolute atomic E-state index is 5.88. The molecule has 1 N–H and O–H groups in total. The Morgan fingerprint density at radius 1 is 1.45 bits per heavy atom. The summed E-state index contributed by atoms with van der Waals surface area (Å²) in [4.78, 5) is 0. The molecule has 1 aliphatic carbocycles. The minimum atomic E-state index is 0.295. The Morgan fingerprint density at radius 2 is 2.45 bits per heavy atom. The van der Waals surface area contributed by atoms with E-state index in [0.29, 0.717) is 5.60 Å². The summed E-state index contributed by atoms with van der Waals surface area (Å²) in [7, 11) is 0. The molecule has 1 saturated carbocycles. The SMILES string of the molecule is C1CNCC2(C1)OCC1CC12. The monoisotopic (exact) mass is 153 g/mol. The molecule has 2 aliphatic heterocycles. The lowest BCUT2D eigenvalue weighted by Gasteiger charge is -2.35. The van der Waals surface area contributed by atoms with Crippen molar-refractivity contribution in [2.24, 2.45) is 11.8 Å². The second kappa shape index (κ2) is 1.99. The molecule has 2 heterocycles. The highest BCUT2D eigenvalue weighted by molar-refractivity contribution is 5.09. The van der Waals surface area contributed by atoms with Crippen LogP contribution >= 0.6 is 0 Å². The lowest BCUT2D eigenvalue weighted by Crippen LogP contribution is -2.47. The lowest BCUT2D eigenvalue weighted by molar-refractivity contribution is -0.0406.